The number of aliphatic hydroxyl groups is 1. The summed E-state index contributed by atoms with van der Waals surface area (Å²) in [4.78, 5) is 32.5. The summed E-state index contributed by atoms with van der Waals surface area (Å²) in [5.41, 5.74) is 4.01. The van der Waals surface area contributed by atoms with Gasteiger partial charge in [-0.25, -0.2) is 12.8 Å². The molecule has 0 radical (unpaired) electrons. The highest BCUT2D eigenvalue weighted by atomic mass is 32.2. The molecule has 3 aliphatic carbocycles. The zero-order valence-electron chi connectivity index (χ0n) is 26.9. The summed E-state index contributed by atoms with van der Waals surface area (Å²) in [7, 11) is -4.16. The first kappa shape index (κ1) is 33.0. The van der Waals surface area contributed by atoms with E-state index in [-0.39, 0.29) is 35.1 Å². The van der Waals surface area contributed by atoms with Crippen molar-refractivity contribution in [3.05, 3.63) is 65.1 Å². The molecule has 2 amide bonds. The zero-order chi connectivity index (χ0) is 33.9. The predicted molar refractivity (Wildman–Crippen MR) is 169 cm³/mol. The highest BCUT2D eigenvalue weighted by Gasteiger charge is 2.53. The molecule has 1 aliphatic heterocycles. The number of halogens is 1. The highest BCUT2D eigenvalue weighted by Crippen LogP contribution is 2.53. The fourth-order valence-electron chi connectivity index (χ4n) is 6.87. The van der Waals surface area contributed by atoms with Crippen LogP contribution in [0, 0.1) is 5.82 Å². The normalized spacial score (nSPS) is 25.4. The Morgan fingerprint density at radius 3 is 2.38 bits per heavy atom. The van der Waals surface area contributed by atoms with E-state index >= 15 is 4.39 Å². The molecule has 2 bridgehead atoms. The van der Waals surface area contributed by atoms with E-state index in [1.807, 2.05) is 13.8 Å². The Balaban J connectivity index is 1.27. The van der Waals surface area contributed by atoms with Crippen molar-refractivity contribution in [3.8, 4) is 5.75 Å². The van der Waals surface area contributed by atoms with Crippen LogP contribution in [-0.2, 0) is 32.2 Å². The Morgan fingerprint density at radius 1 is 1.17 bits per heavy atom. The van der Waals surface area contributed by atoms with E-state index in [1.165, 1.54) is 4.90 Å². The summed E-state index contributed by atoms with van der Waals surface area (Å²) in [6.45, 7) is 6.91. The van der Waals surface area contributed by atoms with E-state index in [9.17, 15) is 23.1 Å². The lowest BCUT2D eigenvalue weighted by molar-refractivity contribution is -0.119. The number of anilines is 1. The van der Waals surface area contributed by atoms with Crippen LogP contribution in [0.15, 0.2) is 45.8 Å². The number of nitrogens with one attached hydrogen (secondary N) is 1. The van der Waals surface area contributed by atoms with Crippen molar-refractivity contribution in [1.29, 1.82) is 0 Å². The number of nitrogens with zero attached hydrogens (tertiary/aromatic N) is 3. The van der Waals surface area contributed by atoms with Gasteiger partial charge in [0, 0.05) is 11.0 Å². The molecule has 2 heterocycles. The Hall–Kier alpha value is -3.88. The summed E-state index contributed by atoms with van der Waals surface area (Å²) < 4.78 is 53.5. The summed E-state index contributed by atoms with van der Waals surface area (Å²) >= 11 is 0. The number of hydrogen-bond acceptors (Lipinski definition) is 10. The molecule has 12 nitrogen and oxygen atoms in total. The number of nitrogens with two attached hydrogens (primary N) is 1. The predicted octanol–water partition coefficient (Wildman–Crippen LogP) is 3.65. The second-order valence-electron chi connectivity index (χ2n) is 13.9. The minimum absolute atomic E-state index is 0.0371. The molecule has 0 saturated heterocycles. The molecule has 7 rings (SSSR count). The number of aromatic nitrogens is 2. The van der Waals surface area contributed by atoms with E-state index < -0.39 is 55.3 Å². The second kappa shape index (κ2) is 11.7. The van der Waals surface area contributed by atoms with Gasteiger partial charge in [-0.1, -0.05) is 17.3 Å². The third kappa shape index (κ3) is 6.25. The first-order valence-electron chi connectivity index (χ1n) is 15.8. The highest BCUT2D eigenvalue weighted by molar-refractivity contribution is 7.91. The summed E-state index contributed by atoms with van der Waals surface area (Å²) in [6, 6.07) is 7.57. The number of hydrogen-bond donors (Lipinski definition) is 3. The van der Waals surface area contributed by atoms with Crippen molar-refractivity contribution >= 4 is 27.3 Å². The van der Waals surface area contributed by atoms with E-state index in [0.717, 1.165) is 12.1 Å². The van der Waals surface area contributed by atoms with E-state index in [2.05, 4.69) is 15.5 Å². The maximum Gasteiger partial charge on any atom is 0.254 e. The van der Waals surface area contributed by atoms with Gasteiger partial charge in [0.1, 0.15) is 17.2 Å². The molecule has 47 heavy (non-hydrogen) atoms. The Kier molecular flexibility index (Phi) is 8.20. The van der Waals surface area contributed by atoms with Crippen LogP contribution in [0.1, 0.15) is 93.9 Å². The standard InChI is InChI=1S/C33H40FN5O7S/c1-19(2)45-21-7-5-20(6-8-21)17-39-25-15-22(23(34)16-26(25)47(43,44)18-24(35)28(39)41)27(40)37-33-12-9-32(10-13-33,11-14-33)30-36-29(38-46-30)31(3,4)42/h5-8,15-16,19,24,42H,9-14,17-18,35H2,1-4H3,(H,37,40)/t24-,32?,33?/m0/s1. The number of sulfone groups is 1. The van der Waals surface area contributed by atoms with Crippen LogP contribution in [0.4, 0.5) is 10.1 Å². The van der Waals surface area contributed by atoms with Gasteiger partial charge >= 0.3 is 0 Å². The van der Waals surface area contributed by atoms with Gasteiger partial charge < -0.3 is 30.3 Å². The van der Waals surface area contributed by atoms with Crippen LogP contribution in [0.5, 0.6) is 5.75 Å². The third-order valence-electron chi connectivity index (χ3n) is 9.59. The van der Waals surface area contributed by atoms with Crippen molar-refractivity contribution < 1.29 is 36.8 Å². The van der Waals surface area contributed by atoms with Crippen molar-refractivity contribution in [3.63, 3.8) is 0 Å². The Labute approximate surface area is 272 Å². The zero-order valence-corrected chi connectivity index (χ0v) is 27.7. The molecule has 3 aromatic rings. The van der Waals surface area contributed by atoms with Gasteiger partial charge in [0.05, 0.1) is 40.6 Å². The molecule has 3 saturated carbocycles. The summed E-state index contributed by atoms with van der Waals surface area (Å²) in [5, 5.41) is 17.3. The molecule has 1 aromatic heterocycles. The van der Waals surface area contributed by atoms with Crippen LogP contribution in [0.2, 0.25) is 0 Å². The number of benzene rings is 2. The largest absolute Gasteiger partial charge is 0.491 e. The van der Waals surface area contributed by atoms with E-state index in [1.54, 1.807) is 38.1 Å². The summed E-state index contributed by atoms with van der Waals surface area (Å²) in [5.74, 6) is -1.74. The van der Waals surface area contributed by atoms with Gasteiger partial charge in [0.2, 0.25) is 17.6 Å². The fraction of sp³-hybridized carbons (Fsp3) is 0.515. The Morgan fingerprint density at radius 2 is 1.81 bits per heavy atom. The fourth-order valence-corrected chi connectivity index (χ4v) is 8.44. The van der Waals surface area contributed by atoms with E-state index in [0.29, 0.717) is 55.7 Å². The van der Waals surface area contributed by atoms with Crippen LogP contribution in [0.25, 0.3) is 0 Å². The quantitative estimate of drug-likeness (QED) is 0.321. The van der Waals surface area contributed by atoms with Crippen molar-refractivity contribution in [1.82, 2.24) is 15.5 Å². The molecule has 252 valence electrons. The number of carbonyl (C=O) groups excluding carboxylic acids is 2. The van der Waals surface area contributed by atoms with Gasteiger partial charge in [-0.05, 0) is 96.0 Å². The average molecular weight is 670 g/mol. The molecule has 14 heteroatoms. The van der Waals surface area contributed by atoms with Gasteiger partial charge in [-0.3, -0.25) is 9.59 Å². The third-order valence-corrected chi connectivity index (χ3v) is 11.4. The number of fused-ring (bicyclic) bond motifs is 4. The number of amides is 2. The monoisotopic (exact) mass is 669 g/mol. The topological polar surface area (TPSA) is 178 Å². The lowest BCUT2D eigenvalue weighted by atomic mass is 9.57. The maximum absolute atomic E-state index is 15.7. The van der Waals surface area contributed by atoms with Crippen LogP contribution in [-0.4, -0.2) is 58.9 Å². The van der Waals surface area contributed by atoms with Gasteiger partial charge in [0.25, 0.3) is 5.91 Å². The van der Waals surface area contributed by atoms with Crippen molar-refractivity contribution in [2.45, 2.75) is 106 Å². The van der Waals surface area contributed by atoms with Crippen molar-refractivity contribution in [2.24, 2.45) is 5.73 Å². The minimum atomic E-state index is -4.16. The number of rotatable bonds is 8. The lowest BCUT2D eigenvalue weighted by Crippen LogP contribution is -2.58. The molecular weight excluding hydrogens is 629 g/mol. The van der Waals surface area contributed by atoms with Crippen LogP contribution >= 0.6 is 0 Å². The molecule has 0 spiro atoms. The molecule has 4 aliphatic rings. The maximum atomic E-state index is 15.7. The molecular formula is C33H40FN5O7S. The molecule has 1 atom stereocenters. The van der Waals surface area contributed by atoms with Crippen LogP contribution in [0.3, 0.4) is 0 Å². The molecule has 3 fully saturated rings. The first-order chi connectivity index (χ1) is 22.0. The lowest BCUT2D eigenvalue weighted by Gasteiger charge is -2.52. The van der Waals surface area contributed by atoms with Crippen LogP contribution < -0.4 is 20.7 Å². The van der Waals surface area contributed by atoms with E-state index in [4.69, 9.17) is 15.0 Å². The minimum Gasteiger partial charge on any atom is -0.491 e. The molecule has 2 aromatic carbocycles. The second-order valence-corrected chi connectivity index (χ2v) is 15.9. The number of ether oxygens (including phenoxy) is 1. The average Bonchev–Trinajstić information content (AvgIpc) is 3.51. The Bertz CT molecular complexity index is 1790. The van der Waals surface area contributed by atoms with Crippen molar-refractivity contribution in [2.75, 3.05) is 10.7 Å². The van der Waals surface area contributed by atoms with Gasteiger partial charge in [-0.15, -0.1) is 0 Å². The SMILES string of the molecule is CC(C)Oc1ccc(CN2C(=O)[C@@H](N)CS(=O)(=O)c3cc(F)c(C(=O)NC45CCC(c6nc(C(C)(C)O)no6)(CC4)CC5)cc32)cc1. The van der Waals surface area contributed by atoms with Gasteiger partial charge in [0.15, 0.2) is 9.84 Å². The van der Waals surface area contributed by atoms with Gasteiger partial charge in [-0.2, -0.15) is 4.98 Å². The number of carbonyl (C=O) groups is 2. The first-order valence-corrected chi connectivity index (χ1v) is 17.4. The molecule has 4 N–H and O–H groups in total. The molecule has 0 unspecified atom stereocenters. The summed E-state index contributed by atoms with van der Waals surface area (Å²) in [6.07, 6.45) is 3.64. The smallest absolute Gasteiger partial charge is 0.254 e.